The fourth-order valence-corrected chi connectivity index (χ4v) is 1.59. The van der Waals surface area contributed by atoms with Gasteiger partial charge < -0.3 is 0 Å². The number of rotatable bonds is 1. The van der Waals surface area contributed by atoms with Gasteiger partial charge in [-0.05, 0) is 38.0 Å². The van der Waals surface area contributed by atoms with Crippen LogP contribution >= 0.6 is 0 Å². The maximum absolute atomic E-state index is 2.41. The molecule has 0 aliphatic heterocycles. The maximum atomic E-state index is 2.41. The molecule has 0 spiro atoms. The monoisotopic (exact) mass is 198 g/mol. The molecule has 0 N–H and O–H groups in total. The molecule has 0 bridgehead atoms. The van der Waals surface area contributed by atoms with Crippen molar-refractivity contribution in [3.8, 4) is 0 Å². The zero-order valence-electron chi connectivity index (χ0n) is 11.4. The van der Waals surface area contributed by atoms with E-state index in [1.54, 1.807) is 5.57 Å². The van der Waals surface area contributed by atoms with Crippen molar-refractivity contribution in [3.05, 3.63) is 11.6 Å². The van der Waals surface area contributed by atoms with Crippen molar-refractivity contribution in [1.29, 1.82) is 0 Å². The van der Waals surface area contributed by atoms with Crippen LogP contribution in [0.25, 0.3) is 0 Å². The highest BCUT2D eigenvalue weighted by atomic mass is 14.2. The van der Waals surface area contributed by atoms with Gasteiger partial charge in [0.05, 0.1) is 0 Å². The molecule has 0 heterocycles. The Balaban J connectivity index is 0. The Hall–Kier alpha value is -0.260. The molecule has 86 valence electrons. The van der Waals surface area contributed by atoms with E-state index in [-0.39, 0.29) is 0 Å². The van der Waals surface area contributed by atoms with Gasteiger partial charge in [0.2, 0.25) is 0 Å². The van der Waals surface area contributed by atoms with Gasteiger partial charge in [0.25, 0.3) is 0 Å². The van der Waals surface area contributed by atoms with Crippen LogP contribution in [-0.2, 0) is 0 Å². The minimum atomic E-state index is 0.879. The molecule has 0 radical (unpaired) electrons. The van der Waals surface area contributed by atoms with Gasteiger partial charge in [0, 0.05) is 0 Å². The molecule has 14 heavy (non-hydrogen) atoms. The lowest BCUT2D eigenvalue weighted by Gasteiger charge is -2.23. The van der Waals surface area contributed by atoms with Crippen LogP contribution in [0.3, 0.4) is 0 Å². The summed E-state index contributed by atoms with van der Waals surface area (Å²) in [6.07, 6.45) is 6.49. The van der Waals surface area contributed by atoms with Crippen molar-refractivity contribution < 1.29 is 0 Å². The van der Waals surface area contributed by atoms with Gasteiger partial charge in [-0.3, -0.25) is 0 Å². The SMILES string of the molecule is CC.CC.CC1=CCC(C(C)C)CC1. The lowest BCUT2D eigenvalue weighted by molar-refractivity contribution is 0.350. The van der Waals surface area contributed by atoms with Crippen LogP contribution in [0.2, 0.25) is 0 Å². The second kappa shape index (κ2) is 10.8. The largest absolute Gasteiger partial charge is 0.0853 e. The molecular formula is C14H30. The third-order valence-electron chi connectivity index (χ3n) is 2.62. The molecule has 0 fully saturated rings. The van der Waals surface area contributed by atoms with Crippen LogP contribution in [0.1, 0.15) is 67.7 Å². The highest BCUT2D eigenvalue weighted by Crippen LogP contribution is 2.28. The van der Waals surface area contributed by atoms with E-state index in [2.05, 4.69) is 26.8 Å². The minimum absolute atomic E-state index is 0.879. The zero-order chi connectivity index (χ0) is 11.6. The Morgan fingerprint density at radius 3 is 1.93 bits per heavy atom. The van der Waals surface area contributed by atoms with Crippen molar-refractivity contribution in [1.82, 2.24) is 0 Å². The van der Waals surface area contributed by atoms with E-state index in [0.29, 0.717) is 0 Å². The molecule has 0 aromatic rings. The van der Waals surface area contributed by atoms with E-state index in [4.69, 9.17) is 0 Å². The molecule has 0 saturated heterocycles. The van der Waals surface area contributed by atoms with Gasteiger partial charge in [-0.2, -0.15) is 0 Å². The number of hydrogen-bond donors (Lipinski definition) is 0. The van der Waals surface area contributed by atoms with E-state index < -0.39 is 0 Å². The van der Waals surface area contributed by atoms with Crippen molar-refractivity contribution in [2.24, 2.45) is 11.8 Å². The summed E-state index contributed by atoms with van der Waals surface area (Å²) in [5.41, 5.74) is 1.59. The van der Waals surface area contributed by atoms with E-state index in [9.17, 15) is 0 Å². The molecule has 0 aromatic carbocycles. The van der Waals surface area contributed by atoms with Crippen molar-refractivity contribution in [2.45, 2.75) is 67.7 Å². The Morgan fingerprint density at radius 2 is 1.64 bits per heavy atom. The van der Waals surface area contributed by atoms with E-state index in [1.165, 1.54) is 19.3 Å². The quantitative estimate of drug-likeness (QED) is 0.492. The topological polar surface area (TPSA) is 0 Å². The van der Waals surface area contributed by atoms with E-state index in [1.807, 2.05) is 27.7 Å². The van der Waals surface area contributed by atoms with Crippen LogP contribution in [-0.4, -0.2) is 0 Å². The summed E-state index contributed by atoms with van der Waals surface area (Å²) in [4.78, 5) is 0. The maximum Gasteiger partial charge on any atom is -0.0317 e. The third kappa shape index (κ3) is 7.17. The lowest BCUT2D eigenvalue weighted by Crippen LogP contribution is -2.10. The van der Waals surface area contributed by atoms with Crippen LogP contribution in [0.4, 0.5) is 0 Å². The molecule has 1 rings (SSSR count). The van der Waals surface area contributed by atoms with E-state index in [0.717, 1.165) is 11.8 Å². The number of allylic oxidation sites excluding steroid dienone is 2. The lowest BCUT2D eigenvalue weighted by atomic mass is 9.83. The predicted octanol–water partition coefficient (Wildman–Crippen LogP) is 5.44. The normalized spacial score (nSPS) is 20.0. The molecule has 0 heteroatoms. The second-order valence-electron chi connectivity index (χ2n) is 3.83. The first-order valence-electron chi connectivity index (χ1n) is 6.36. The molecule has 1 aliphatic rings. The first-order chi connectivity index (χ1) is 6.70. The van der Waals surface area contributed by atoms with Gasteiger partial charge in [-0.1, -0.05) is 53.2 Å². The average Bonchev–Trinajstić information content (AvgIpc) is 2.24. The smallest absolute Gasteiger partial charge is 0.0317 e. The molecule has 1 aliphatic carbocycles. The summed E-state index contributed by atoms with van der Waals surface area (Å²) < 4.78 is 0. The highest BCUT2D eigenvalue weighted by molar-refractivity contribution is 5.03. The molecule has 1 atom stereocenters. The van der Waals surface area contributed by atoms with Gasteiger partial charge in [-0.15, -0.1) is 0 Å². The molecule has 0 saturated carbocycles. The summed E-state index contributed by atoms with van der Waals surface area (Å²) >= 11 is 0. The van der Waals surface area contributed by atoms with Crippen molar-refractivity contribution >= 4 is 0 Å². The van der Waals surface area contributed by atoms with Gasteiger partial charge >= 0.3 is 0 Å². The Labute approximate surface area is 91.8 Å². The number of hydrogen-bond acceptors (Lipinski definition) is 0. The summed E-state index contributed by atoms with van der Waals surface area (Å²) in [5, 5.41) is 0. The van der Waals surface area contributed by atoms with Crippen molar-refractivity contribution in [3.63, 3.8) is 0 Å². The molecule has 0 amide bonds. The van der Waals surface area contributed by atoms with Gasteiger partial charge in [0.15, 0.2) is 0 Å². The van der Waals surface area contributed by atoms with Crippen LogP contribution in [0, 0.1) is 11.8 Å². The second-order valence-corrected chi connectivity index (χ2v) is 3.83. The van der Waals surface area contributed by atoms with Gasteiger partial charge in [0.1, 0.15) is 0 Å². The molecular weight excluding hydrogens is 168 g/mol. The zero-order valence-corrected chi connectivity index (χ0v) is 11.4. The summed E-state index contributed by atoms with van der Waals surface area (Å²) in [6.45, 7) is 14.9. The van der Waals surface area contributed by atoms with Gasteiger partial charge in [-0.25, -0.2) is 0 Å². The molecule has 0 aromatic heterocycles. The highest BCUT2D eigenvalue weighted by Gasteiger charge is 2.14. The minimum Gasteiger partial charge on any atom is -0.0853 e. The summed E-state index contributed by atoms with van der Waals surface area (Å²) in [5.74, 6) is 1.84. The van der Waals surface area contributed by atoms with Crippen LogP contribution < -0.4 is 0 Å². The standard InChI is InChI=1S/C10H18.2C2H6/c1-8(2)10-6-4-9(3)5-7-10;2*1-2/h4,8,10H,5-7H2,1-3H3;2*1-2H3. The first-order valence-corrected chi connectivity index (χ1v) is 6.36. The van der Waals surface area contributed by atoms with Crippen molar-refractivity contribution in [2.75, 3.05) is 0 Å². The fourth-order valence-electron chi connectivity index (χ4n) is 1.59. The fraction of sp³-hybridized carbons (Fsp3) is 0.857. The molecule has 0 nitrogen and oxygen atoms in total. The van der Waals surface area contributed by atoms with Crippen LogP contribution in [0.15, 0.2) is 11.6 Å². The Kier molecular flexibility index (Phi) is 12.5. The Morgan fingerprint density at radius 1 is 1.14 bits per heavy atom. The predicted molar refractivity (Wildman–Crippen MR) is 68.6 cm³/mol. The average molecular weight is 198 g/mol. The Bertz CT molecular complexity index is 131. The summed E-state index contributed by atoms with van der Waals surface area (Å²) in [6, 6.07) is 0. The molecule has 1 unspecified atom stereocenters. The van der Waals surface area contributed by atoms with E-state index >= 15 is 0 Å². The third-order valence-corrected chi connectivity index (χ3v) is 2.62. The first kappa shape index (κ1) is 16.2. The summed E-state index contributed by atoms with van der Waals surface area (Å²) in [7, 11) is 0. The van der Waals surface area contributed by atoms with Crippen LogP contribution in [0.5, 0.6) is 0 Å².